The number of carboxylic acids is 1. The van der Waals surface area contributed by atoms with Crippen LogP contribution in [0.5, 0.6) is 0 Å². The second-order valence-corrected chi connectivity index (χ2v) is 5.21. The van der Waals surface area contributed by atoms with Gasteiger partial charge in [-0.3, -0.25) is 0 Å². The van der Waals surface area contributed by atoms with Crippen LogP contribution in [0.4, 0.5) is 0 Å². The third-order valence-electron chi connectivity index (χ3n) is 2.66. The number of hydrogen-bond acceptors (Lipinski definition) is 2. The van der Waals surface area contributed by atoms with Crippen LogP contribution in [0.25, 0.3) is 0 Å². The van der Waals surface area contributed by atoms with Crippen molar-refractivity contribution >= 4 is 17.6 Å². The molecule has 0 heterocycles. The molecule has 0 spiro atoms. The molecule has 0 aliphatic carbocycles. The van der Waals surface area contributed by atoms with Crippen molar-refractivity contribution in [1.29, 1.82) is 0 Å². The quantitative estimate of drug-likeness (QED) is 0.838. The lowest BCUT2D eigenvalue weighted by Crippen LogP contribution is -2.47. The molecule has 1 rings (SSSR count). The highest BCUT2D eigenvalue weighted by molar-refractivity contribution is 6.30. The average Bonchev–Trinajstić information content (AvgIpc) is 2.15. The Hall–Kier alpha value is -1.06. The van der Waals surface area contributed by atoms with E-state index in [4.69, 9.17) is 11.6 Å². The molecule has 3 nitrogen and oxygen atoms in total. The summed E-state index contributed by atoms with van der Waals surface area (Å²) in [6.07, 6.45) is 0. The van der Waals surface area contributed by atoms with Crippen LogP contribution in [0.15, 0.2) is 24.3 Å². The second-order valence-electron chi connectivity index (χ2n) is 4.77. The maximum absolute atomic E-state index is 11.3. The van der Waals surface area contributed by atoms with Gasteiger partial charge in [-0.1, -0.05) is 44.5 Å². The molecule has 0 aliphatic heterocycles. The predicted octanol–water partition coefficient (Wildman–Crippen LogP) is 2.66. The van der Waals surface area contributed by atoms with Gasteiger partial charge >= 0.3 is 5.97 Å². The van der Waals surface area contributed by atoms with E-state index in [2.05, 4.69) is 0 Å². The van der Waals surface area contributed by atoms with E-state index in [1.165, 1.54) is 12.1 Å². The van der Waals surface area contributed by atoms with Gasteiger partial charge in [0.05, 0.1) is 0 Å². The zero-order valence-corrected chi connectivity index (χ0v) is 10.2. The van der Waals surface area contributed by atoms with Gasteiger partial charge in [-0.05, 0) is 17.7 Å². The van der Waals surface area contributed by atoms with Gasteiger partial charge in [0.25, 0.3) is 0 Å². The number of carboxylic acid groups (broad SMARTS) is 1. The number of aliphatic hydroxyl groups is 1. The Kier molecular flexibility index (Phi) is 3.31. The fourth-order valence-electron chi connectivity index (χ4n) is 1.57. The molecular formula is C12H15ClO3. The van der Waals surface area contributed by atoms with E-state index in [0.29, 0.717) is 10.6 Å². The molecule has 0 aliphatic rings. The van der Waals surface area contributed by atoms with Gasteiger partial charge in [0.1, 0.15) is 0 Å². The van der Waals surface area contributed by atoms with E-state index < -0.39 is 17.0 Å². The molecule has 1 aromatic carbocycles. The normalized spacial score (nSPS) is 15.6. The van der Waals surface area contributed by atoms with E-state index in [-0.39, 0.29) is 0 Å². The number of halogens is 1. The summed E-state index contributed by atoms with van der Waals surface area (Å²) in [5.74, 6) is -1.26. The largest absolute Gasteiger partial charge is 0.479 e. The molecule has 0 amide bonds. The summed E-state index contributed by atoms with van der Waals surface area (Å²) in [6, 6.07) is 6.19. The Morgan fingerprint density at radius 3 is 1.94 bits per heavy atom. The lowest BCUT2D eigenvalue weighted by molar-refractivity contribution is -0.173. The average molecular weight is 243 g/mol. The van der Waals surface area contributed by atoms with Crippen LogP contribution in [0.2, 0.25) is 5.02 Å². The lowest BCUT2D eigenvalue weighted by atomic mass is 9.72. The first-order valence-electron chi connectivity index (χ1n) is 4.91. The maximum Gasteiger partial charge on any atom is 0.340 e. The molecule has 0 saturated heterocycles. The van der Waals surface area contributed by atoms with Crippen LogP contribution in [-0.4, -0.2) is 16.2 Å². The first kappa shape index (κ1) is 13.0. The third-order valence-corrected chi connectivity index (χ3v) is 2.91. The second kappa shape index (κ2) is 4.07. The Labute approximate surface area is 99.7 Å². The Balaban J connectivity index is 3.34. The van der Waals surface area contributed by atoms with E-state index in [1.54, 1.807) is 32.9 Å². The number of carbonyl (C=O) groups is 1. The van der Waals surface area contributed by atoms with E-state index in [0.717, 1.165) is 0 Å². The van der Waals surface area contributed by atoms with Crippen molar-refractivity contribution < 1.29 is 15.0 Å². The van der Waals surface area contributed by atoms with Crippen LogP contribution >= 0.6 is 11.6 Å². The predicted molar refractivity (Wildman–Crippen MR) is 62.4 cm³/mol. The monoisotopic (exact) mass is 242 g/mol. The number of benzene rings is 1. The number of rotatable bonds is 2. The van der Waals surface area contributed by atoms with Gasteiger partial charge in [0, 0.05) is 10.4 Å². The van der Waals surface area contributed by atoms with Crippen molar-refractivity contribution in [3.05, 3.63) is 34.9 Å². The fourth-order valence-corrected chi connectivity index (χ4v) is 1.69. The highest BCUT2D eigenvalue weighted by Crippen LogP contribution is 2.39. The van der Waals surface area contributed by atoms with Crippen molar-refractivity contribution in [3.8, 4) is 0 Å². The minimum Gasteiger partial charge on any atom is -0.479 e. The summed E-state index contributed by atoms with van der Waals surface area (Å²) in [5, 5.41) is 20.1. The third kappa shape index (κ3) is 2.06. The number of aliphatic carboxylic acids is 1. The number of hydrogen-bond donors (Lipinski definition) is 2. The summed E-state index contributed by atoms with van der Waals surface area (Å²) < 4.78 is 0. The molecule has 0 aromatic heterocycles. The van der Waals surface area contributed by atoms with E-state index >= 15 is 0 Å². The van der Waals surface area contributed by atoms with Crippen LogP contribution in [-0.2, 0) is 10.4 Å². The minimum atomic E-state index is -1.92. The first-order valence-corrected chi connectivity index (χ1v) is 5.29. The Bertz CT molecular complexity index is 392. The zero-order valence-electron chi connectivity index (χ0n) is 9.49. The Morgan fingerprint density at radius 2 is 1.62 bits per heavy atom. The van der Waals surface area contributed by atoms with Crippen molar-refractivity contribution in [1.82, 2.24) is 0 Å². The smallest absolute Gasteiger partial charge is 0.340 e. The standard InChI is InChI=1S/C12H15ClO3/c1-11(2,3)12(16,10(14)15)8-4-6-9(13)7-5-8/h4-7,16H,1-3H3,(H,14,15). The van der Waals surface area contributed by atoms with Crippen molar-refractivity contribution in [2.24, 2.45) is 5.41 Å². The van der Waals surface area contributed by atoms with Crippen LogP contribution in [0, 0.1) is 5.41 Å². The molecule has 0 fully saturated rings. The van der Waals surface area contributed by atoms with Gasteiger partial charge in [0.2, 0.25) is 0 Å². The summed E-state index contributed by atoms with van der Waals surface area (Å²) in [6.45, 7) is 5.03. The first-order chi connectivity index (χ1) is 7.19. The van der Waals surface area contributed by atoms with Crippen LogP contribution in [0.3, 0.4) is 0 Å². The van der Waals surface area contributed by atoms with Gasteiger partial charge in [0.15, 0.2) is 5.60 Å². The zero-order chi connectivity index (χ0) is 12.6. The maximum atomic E-state index is 11.3. The van der Waals surface area contributed by atoms with Crippen molar-refractivity contribution in [2.45, 2.75) is 26.4 Å². The lowest BCUT2D eigenvalue weighted by Gasteiger charge is -2.36. The molecule has 16 heavy (non-hydrogen) atoms. The highest BCUT2D eigenvalue weighted by Gasteiger charge is 2.48. The van der Waals surface area contributed by atoms with Crippen molar-refractivity contribution in [3.63, 3.8) is 0 Å². The summed E-state index contributed by atoms with van der Waals surface area (Å²) >= 11 is 5.73. The summed E-state index contributed by atoms with van der Waals surface area (Å²) in [5.41, 5.74) is -2.40. The van der Waals surface area contributed by atoms with Gasteiger partial charge in [-0.2, -0.15) is 0 Å². The SMILES string of the molecule is CC(C)(C)C(O)(C(=O)O)c1ccc(Cl)cc1. The summed E-state index contributed by atoms with van der Waals surface area (Å²) in [4.78, 5) is 11.3. The van der Waals surface area contributed by atoms with Crippen LogP contribution < -0.4 is 0 Å². The molecule has 88 valence electrons. The molecule has 1 aromatic rings. The fraction of sp³-hybridized carbons (Fsp3) is 0.417. The molecule has 2 N–H and O–H groups in total. The molecule has 1 atom stereocenters. The molecule has 0 saturated carbocycles. The highest BCUT2D eigenvalue weighted by atomic mass is 35.5. The molecule has 1 unspecified atom stereocenters. The van der Waals surface area contributed by atoms with Gasteiger partial charge < -0.3 is 10.2 Å². The van der Waals surface area contributed by atoms with E-state index in [9.17, 15) is 15.0 Å². The van der Waals surface area contributed by atoms with Gasteiger partial charge in [-0.25, -0.2) is 4.79 Å². The van der Waals surface area contributed by atoms with E-state index in [1.807, 2.05) is 0 Å². The molecule has 0 bridgehead atoms. The molecular weight excluding hydrogens is 228 g/mol. The topological polar surface area (TPSA) is 57.5 Å². The minimum absolute atomic E-state index is 0.330. The Morgan fingerprint density at radius 1 is 1.19 bits per heavy atom. The summed E-state index contributed by atoms with van der Waals surface area (Å²) in [7, 11) is 0. The van der Waals surface area contributed by atoms with Gasteiger partial charge in [-0.15, -0.1) is 0 Å². The van der Waals surface area contributed by atoms with Crippen molar-refractivity contribution in [2.75, 3.05) is 0 Å². The van der Waals surface area contributed by atoms with Crippen LogP contribution in [0.1, 0.15) is 26.3 Å². The molecule has 0 radical (unpaired) electrons. The molecule has 4 heteroatoms.